The van der Waals surface area contributed by atoms with Crippen LogP contribution >= 0.6 is 0 Å². The summed E-state index contributed by atoms with van der Waals surface area (Å²) >= 11 is 0. The van der Waals surface area contributed by atoms with Crippen molar-refractivity contribution in [3.63, 3.8) is 0 Å². The van der Waals surface area contributed by atoms with Crippen LogP contribution in [0.25, 0.3) is 0 Å². The van der Waals surface area contributed by atoms with E-state index in [4.69, 9.17) is 0 Å². The molecule has 0 amide bonds. The van der Waals surface area contributed by atoms with E-state index in [2.05, 4.69) is 23.5 Å². The molecule has 3 fully saturated rings. The summed E-state index contributed by atoms with van der Waals surface area (Å²) in [6, 6.07) is 8.49. The van der Waals surface area contributed by atoms with Crippen LogP contribution in [-0.4, -0.2) is 18.9 Å². The van der Waals surface area contributed by atoms with Gasteiger partial charge in [-0.2, -0.15) is 0 Å². The van der Waals surface area contributed by atoms with Crippen LogP contribution in [-0.2, 0) is 0 Å². The summed E-state index contributed by atoms with van der Waals surface area (Å²) < 4.78 is 0. The molecule has 2 aliphatic carbocycles. The van der Waals surface area contributed by atoms with Gasteiger partial charge in [0.15, 0.2) is 5.78 Å². The van der Waals surface area contributed by atoms with E-state index in [1.54, 1.807) is 0 Å². The van der Waals surface area contributed by atoms with Crippen LogP contribution < -0.4 is 5.32 Å². The quantitative estimate of drug-likeness (QED) is 0.851. The topological polar surface area (TPSA) is 29.1 Å². The lowest BCUT2D eigenvalue weighted by atomic mass is 9.79. The predicted molar refractivity (Wildman–Crippen MR) is 80.0 cm³/mol. The van der Waals surface area contributed by atoms with Crippen LogP contribution in [0.1, 0.15) is 60.4 Å². The fourth-order valence-corrected chi connectivity index (χ4v) is 4.08. The average molecular weight is 269 g/mol. The van der Waals surface area contributed by atoms with Gasteiger partial charge in [0.05, 0.1) is 0 Å². The molecule has 20 heavy (non-hydrogen) atoms. The van der Waals surface area contributed by atoms with E-state index in [-0.39, 0.29) is 0 Å². The van der Waals surface area contributed by atoms with Gasteiger partial charge in [0.2, 0.25) is 0 Å². The third-order valence-electron chi connectivity index (χ3n) is 5.85. The Balaban J connectivity index is 1.51. The number of carbonyl (C=O) groups is 1. The van der Waals surface area contributed by atoms with Gasteiger partial charge in [0, 0.05) is 11.5 Å². The molecule has 2 nitrogen and oxygen atoms in total. The van der Waals surface area contributed by atoms with E-state index in [1.807, 2.05) is 6.07 Å². The predicted octanol–water partition coefficient (Wildman–Crippen LogP) is 3.53. The van der Waals surface area contributed by atoms with Crippen LogP contribution in [0, 0.1) is 11.3 Å². The number of ketones is 1. The highest BCUT2D eigenvalue weighted by Gasteiger charge is 2.57. The lowest BCUT2D eigenvalue weighted by Crippen LogP contribution is -2.30. The number of benzene rings is 1. The van der Waals surface area contributed by atoms with Crippen molar-refractivity contribution in [1.82, 2.24) is 5.32 Å². The van der Waals surface area contributed by atoms with Crippen molar-refractivity contribution < 1.29 is 4.79 Å². The fourth-order valence-electron chi connectivity index (χ4n) is 4.08. The molecular formula is C18H23NO. The van der Waals surface area contributed by atoms with Gasteiger partial charge < -0.3 is 5.32 Å². The van der Waals surface area contributed by atoms with Gasteiger partial charge in [0.25, 0.3) is 0 Å². The first-order valence-corrected chi connectivity index (χ1v) is 8.13. The number of Topliss-reactive ketones (excluding diaryl/α,β-unsaturated/α-hetero) is 1. The van der Waals surface area contributed by atoms with E-state index >= 15 is 0 Å². The third-order valence-corrected chi connectivity index (χ3v) is 5.85. The van der Waals surface area contributed by atoms with Crippen LogP contribution in [0.15, 0.2) is 24.3 Å². The van der Waals surface area contributed by atoms with Crippen molar-refractivity contribution in [2.75, 3.05) is 13.1 Å². The first kappa shape index (κ1) is 12.6. The Bertz CT molecular complexity index is 526. The van der Waals surface area contributed by atoms with E-state index in [0.29, 0.717) is 17.1 Å². The highest BCUT2D eigenvalue weighted by atomic mass is 16.1. The number of hydrogen-bond acceptors (Lipinski definition) is 2. The highest BCUT2D eigenvalue weighted by Crippen LogP contribution is 2.59. The zero-order valence-corrected chi connectivity index (χ0v) is 12.0. The van der Waals surface area contributed by atoms with Gasteiger partial charge in [-0.3, -0.25) is 4.79 Å². The molecule has 1 unspecified atom stereocenters. The minimum Gasteiger partial charge on any atom is -0.317 e. The van der Waals surface area contributed by atoms with Gasteiger partial charge >= 0.3 is 0 Å². The maximum absolute atomic E-state index is 12.7. The van der Waals surface area contributed by atoms with Crippen molar-refractivity contribution in [3.8, 4) is 0 Å². The zero-order chi connectivity index (χ0) is 13.6. The lowest BCUT2D eigenvalue weighted by molar-refractivity contribution is 0.0940. The molecule has 0 aromatic heterocycles. The van der Waals surface area contributed by atoms with E-state index in [0.717, 1.165) is 31.0 Å². The minimum absolute atomic E-state index is 0.307. The molecule has 106 valence electrons. The second-order valence-electron chi connectivity index (χ2n) is 6.99. The summed E-state index contributed by atoms with van der Waals surface area (Å²) in [4.78, 5) is 12.7. The second-order valence-corrected chi connectivity index (χ2v) is 6.99. The molecule has 1 saturated heterocycles. The van der Waals surface area contributed by atoms with Crippen molar-refractivity contribution in [2.24, 2.45) is 11.3 Å². The van der Waals surface area contributed by atoms with Crippen LogP contribution in [0.4, 0.5) is 0 Å². The molecule has 1 aliphatic heterocycles. The maximum atomic E-state index is 12.7. The van der Waals surface area contributed by atoms with Crippen LogP contribution in [0.3, 0.4) is 0 Å². The first-order valence-electron chi connectivity index (χ1n) is 8.13. The standard InChI is InChI=1S/C18H23NO/c20-17(16-12-18(16)7-9-19-10-8-18)15-6-2-5-14(11-15)13-3-1-4-13/h2,5-6,11,13,16,19H,1,3-4,7-10,12H2. The lowest BCUT2D eigenvalue weighted by Gasteiger charge is -2.26. The minimum atomic E-state index is 0.307. The van der Waals surface area contributed by atoms with Crippen LogP contribution in [0.5, 0.6) is 0 Å². The Morgan fingerprint density at radius 3 is 2.70 bits per heavy atom. The number of rotatable bonds is 3. The summed E-state index contributed by atoms with van der Waals surface area (Å²) in [5.41, 5.74) is 2.71. The normalized spacial score (nSPS) is 28.1. The summed E-state index contributed by atoms with van der Waals surface area (Å²) in [5, 5.41) is 3.41. The zero-order valence-electron chi connectivity index (χ0n) is 12.0. The van der Waals surface area contributed by atoms with Crippen molar-refractivity contribution in [1.29, 1.82) is 0 Å². The molecule has 1 aromatic carbocycles. The smallest absolute Gasteiger partial charge is 0.166 e. The van der Waals surface area contributed by atoms with E-state index in [1.165, 1.54) is 37.7 Å². The number of carbonyl (C=O) groups excluding carboxylic acids is 1. The molecule has 1 aromatic rings. The molecule has 2 heteroatoms. The summed E-state index contributed by atoms with van der Waals surface area (Å²) in [7, 11) is 0. The second kappa shape index (κ2) is 4.70. The molecule has 3 aliphatic rings. The molecule has 1 atom stereocenters. The number of hydrogen-bond donors (Lipinski definition) is 1. The van der Waals surface area contributed by atoms with Gasteiger partial charge in [-0.15, -0.1) is 0 Å². The third kappa shape index (κ3) is 2.01. The van der Waals surface area contributed by atoms with Crippen LogP contribution in [0.2, 0.25) is 0 Å². The largest absolute Gasteiger partial charge is 0.317 e. The molecule has 1 heterocycles. The van der Waals surface area contributed by atoms with Crippen molar-refractivity contribution >= 4 is 5.78 Å². The monoisotopic (exact) mass is 269 g/mol. The average Bonchev–Trinajstić information content (AvgIpc) is 3.10. The van der Waals surface area contributed by atoms with Gasteiger partial charge in [-0.1, -0.05) is 24.6 Å². The maximum Gasteiger partial charge on any atom is 0.166 e. The highest BCUT2D eigenvalue weighted by molar-refractivity contribution is 6.00. The molecule has 4 rings (SSSR count). The molecule has 1 N–H and O–H groups in total. The fraction of sp³-hybridized carbons (Fsp3) is 0.611. The molecule has 0 bridgehead atoms. The number of nitrogens with one attached hydrogen (secondary N) is 1. The Morgan fingerprint density at radius 1 is 1.20 bits per heavy atom. The first-order chi connectivity index (χ1) is 9.78. The van der Waals surface area contributed by atoms with Gasteiger partial charge in [0.1, 0.15) is 0 Å². The number of piperidine rings is 1. The van der Waals surface area contributed by atoms with Crippen molar-refractivity contribution in [3.05, 3.63) is 35.4 Å². The molecule has 1 spiro atoms. The Morgan fingerprint density at radius 2 is 2.00 bits per heavy atom. The summed E-state index contributed by atoms with van der Waals surface area (Å²) in [6.07, 6.45) is 7.45. The summed E-state index contributed by atoms with van der Waals surface area (Å²) in [5.74, 6) is 1.43. The Hall–Kier alpha value is -1.15. The van der Waals surface area contributed by atoms with E-state index in [9.17, 15) is 4.79 Å². The van der Waals surface area contributed by atoms with Crippen molar-refractivity contribution in [2.45, 2.75) is 44.4 Å². The SMILES string of the molecule is O=C(c1cccc(C2CCC2)c1)C1CC12CCNCC2. The Labute approximate surface area is 121 Å². The Kier molecular flexibility index (Phi) is 2.95. The molecule has 0 radical (unpaired) electrons. The van der Waals surface area contributed by atoms with Gasteiger partial charge in [-0.25, -0.2) is 0 Å². The van der Waals surface area contributed by atoms with E-state index < -0.39 is 0 Å². The summed E-state index contributed by atoms with van der Waals surface area (Å²) in [6.45, 7) is 2.18. The molecular weight excluding hydrogens is 246 g/mol. The molecule has 2 saturated carbocycles. The van der Waals surface area contributed by atoms with Gasteiger partial charge in [-0.05, 0) is 68.2 Å².